The van der Waals surface area contributed by atoms with Crippen molar-refractivity contribution in [1.82, 2.24) is 15.0 Å². The Labute approximate surface area is 166 Å². The number of benzene rings is 1. The van der Waals surface area contributed by atoms with Crippen molar-refractivity contribution in [2.24, 2.45) is 0 Å². The van der Waals surface area contributed by atoms with E-state index in [-0.39, 0.29) is 6.04 Å². The third-order valence-electron chi connectivity index (χ3n) is 4.68. The number of ether oxygens (including phenoxy) is 1. The van der Waals surface area contributed by atoms with Gasteiger partial charge < -0.3 is 15.4 Å². The summed E-state index contributed by atoms with van der Waals surface area (Å²) in [7, 11) is 3.53. The van der Waals surface area contributed by atoms with Crippen molar-refractivity contribution in [2.45, 2.75) is 32.7 Å². The summed E-state index contributed by atoms with van der Waals surface area (Å²) in [6, 6.07) is 10.1. The molecule has 2 heterocycles. The Balaban J connectivity index is 1.93. The minimum atomic E-state index is 0.154. The molecule has 0 aliphatic rings. The van der Waals surface area contributed by atoms with Gasteiger partial charge in [-0.3, -0.25) is 4.98 Å². The molecule has 1 aromatic carbocycles. The van der Waals surface area contributed by atoms with Crippen molar-refractivity contribution in [2.75, 3.05) is 24.8 Å². The maximum atomic E-state index is 5.47. The van der Waals surface area contributed by atoms with Crippen LogP contribution in [0.5, 0.6) is 5.75 Å². The highest BCUT2D eigenvalue weighted by Gasteiger charge is 2.15. The van der Waals surface area contributed by atoms with Gasteiger partial charge in [-0.1, -0.05) is 19.4 Å². The molecule has 1 unspecified atom stereocenters. The van der Waals surface area contributed by atoms with Crippen LogP contribution in [0.25, 0.3) is 11.4 Å². The van der Waals surface area contributed by atoms with Crippen molar-refractivity contribution in [1.29, 1.82) is 0 Å². The molecule has 0 amide bonds. The number of hydrogen-bond acceptors (Lipinski definition) is 6. The quantitative estimate of drug-likeness (QED) is 0.585. The van der Waals surface area contributed by atoms with Gasteiger partial charge in [0.05, 0.1) is 18.8 Å². The minimum Gasteiger partial charge on any atom is -0.495 e. The number of nitrogens with one attached hydrogen (secondary N) is 2. The molecule has 0 saturated carbocycles. The van der Waals surface area contributed by atoms with Crippen LogP contribution < -0.4 is 15.4 Å². The summed E-state index contributed by atoms with van der Waals surface area (Å²) < 4.78 is 5.47. The van der Waals surface area contributed by atoms with E-state index < -0.39 is 0 Å². The zero-order valence-corrected chi connectivity index (χ0v) is 16.9. The summed E-state index contributed by atoms with van der Waals surface area (Å²) in [4.78, 5) is 13.6. The number of methoxy groups -OCH3 is 1. The molecule has 3 aromatic rings. The SMILES string of the molecule is CCCC(Nc1nc(-c2ccc(NC)c(OC)c2)ncc1C)c1cccnc1. The second-order valence-corrected chi connectivity index (χ2v) is 6.66. The van der Waals surface area contributed by atoms with E-state index in [4.69, 9.17) is 9.72 Å². The monoisotopic (exact) mass is 377 g/mol. The fourth-order valence-electron chi connectivity index (χ4n) is 3.12. The lowest BCUT2D eigenvalue weighted by Gasteiger charge is -2.20. The van der Waals surface area contributed by atoms with Crippen LogP contribution in [0, 0.1) is 6.92 Å². The van der Waals surface area contributed by atoms with E-state index in [2.05, 4.69) is 33.6 Å². The molecule has 0 bridgehead atoms. The summed E-state index contributed by atoms with van der Waals surface area (Å²) in [5.41, 5.74) is 4.00. The molecule has 28 heavy (non-hydrogen) atoms. The predicted octanol–water partition coefficient (Wildman–Crippen LogP) is 4.85. The molecule has 0 aliphatic heterocycles. The topological polar surface area (TPSA) is 72.0 Å². The third-order valence-corrected chi connectivity index (χ3v) is 4.68. The maximum Gasteiger partial charge on any atom is 0.161 e. The number of aromatic nitrogens is 3. The van der Waals surface area contributed by atoms with Gasteiger partial charge >= 0.3 is 0 Å². The first-order chi connectivity index (χ1) is 13.7. The molecule has 0 fully saturated rings. The lowest BCUT2D eigenvalue weighted by atomic mass is 10.0. The fraction of sp³-hybridized carbons (Fsp3) is 0.318. The molecule has 2 N–H and O–H groups in total. The molecule has 0 spiro atoms. The Morgan fingerprint density at radius 3 is 2.71 bits per heavy atom. The zero-order chi connectivity index (χ0) is 19.9. The van der Waals surface area contributed by atoms with Gasteiger partial charge in [0.15, 0.2) is 5.82 Å². The molecule has 6 nitrogen and oxygen atoms in total. The average Bonchev–Trinajstić information content (AvgIpc) is 2.75. The molecular formula is C22H27N5O. The van der Waals surface area contributed by atoms with E-state index in [0.29, 0.717) is 5.82 Å². The zero-order valence-electron chi connectivity index (χ0n) is 16.9. The molecule has 146 valence electrons. The Morgan fingerprint density at radius 1 is 1.18 bits per heavy atom. The van der Waals surface area contributed by atoms with Gasteiger partial charge in [0.2, 0.25) is 0 Å². The summed E-state index contributed by atoms with van der Waals surface area (Å²) >= 11 is 0. The van der Waals surface area contributed by atoms with Crippen LogP contribution in [0.1, 0.15) is 36.9 Å². The van der Waals surface area contributed by atoms with Crippen LogP contribution in [0.15, 0.2) is 48.9 Å². The van der Waals surface area contributed by atoms with Crippen molar-refractivity contribution >= 4 is 11.5 Å². The Morgan fingerprint density at radius 2 is 2.04 bits per heavy atom. The van der Waals surface area contributed by atoms with E-state index in [0.717, 1.165) is 46.8 Å². The highest BCUT2D eigenvalue weighted by atomic mass is 16.5. The molecule has 1 atom stereocenters. The summed E-state index contributed by atoms with van der Waals surface area (Å²) in [6.45, 7) is 4.20. The van der Waals surface area contributed by atoms with Gasteiger partial charge in [-0.25, -0.2) is 9.97 Å². The van der Waals surface area contributed by atoms with Crippen LogP contribution in [0.2, 0.25) is 0 Å². The predicted molar refractivity (Wildman–Crippen MR) is 114 cm³/mol. The van der Waals surface area contributed by atoms with Crippen molar-refractivity contribution < 1.29 is 4.74 Å². The molecule has 2 aromatic heterocycles. The van der Waals surface area contributed by atoms with Gasteiger partial charge in [0.1, 0.15) is 11.6 Å². The number of hydrogen-bond donors (Lipinski definition) is 2. The van der Waals surface area contributed by atoms with E-state index in [1.807, 2.05) is 50.6 Å². The highest BCUT2D eigenvalue weighted by Crippen LogP contribution is 2.30. The Bertz CT molecular complexity index is 914. The van der Waals surface area contributed by atoms with Gasteiger partial charge in [-0.05, 0) is 43.2 Å². The first-order valence-electron chi connectivity index (χ1n) is 9.52. The number of rotatable bonds is 8. The molecule has 0 aliphatic carbocycles. The van der Waals surface area contributed by atoms with E-state index in [9.17, 15) is 0 Å². The lowest BCUT2D eigenvalue weighted by molar-refractivity contribution is 0.417. The third kappa shape index (κ3) is 4.39. The van der Waals surface area contributed by atoms with Crippen LogP contribution in [0.3, 0.4) is 0 Å². The standard InChI is InChI=1S/C22H27N5O/c1-5-7-18(17-8-6-11-24-14-17)26-21-15(2)13-25-22(27-21)16-9-10-19(23-3)20(12-16)28-4/h6,8-14,18,23H,5,7H2,1-4H3,(H,25,26,27). The minimum absolute atomic E-state index is 0.154. The van der Waals surface area contributed by atoms with Crippen molar-refractivity contribution in [3.63, 3.8) is 0 Å². The normalized spacial score (nSPS) is 11.7. The molecule has 6 heteroatoms. The summed E-state index contributed by atoms with van der Waals surface area (Å²) in [5, 5.41) is 6.71. The van der Waals surface area contributed by atoms with Gasteiger partial charge in [-0.2, -0.15) is 0 Å². The number of aryl methyl sites for hydroxylation is 1. The Hall–Kier alpha value is -3.15. The number of anilines is 2. The summed E-state index contributed by atoms with van der Waals surface area (Å²) in [6.07, 6.45) is 7.62. The van der Waals surface area contributed by atoms with Crippen LogP contribution in [-0.4, -0.2) is 29.1 Å². The molecule has 0 saturated heterocycles. The van der Waals surface area contributed by atoms with E-state index in [1.165, 1.54) is 0 Å². The second kappa shape index (κ2) is 9.17. The van der Waals surface area contributed by atoms with Crippen LogP contribution in [-0.2, 0) is 0 Å². The number of nitrogens with zero attached hydrogens (tertiary/aromatic N) is 3. The van der Waals surface area contributed by atoms with E-state index >= 15 is 0 Å². The average molecular weight is 377 g/mol. The molecular weight excluding hydrogens is 350 g/mol. The molecule has 3 rings (SSSR count). The first-order valence-corrected chi connectivity index (χ1v) is 9.52. The smallest absolute Gasteiger partial charge is 0.161 e. The van der Waals surface area contributed by atoms with Gasteiger partial charge in [0.25, 0.3) is 0 Å². The van der Waals surface area contributed by atoms with Gasteiger partial charge in [-0.15, -0.1) is 0 Å². The molecule has 0 radical (unpaired) electrons. The first kappa shape index (κ1) is 19.6. The largest absolute Gasteiger partial charge is 0.495 e. The van der Waals surface area contributed by atoms with Crippen molar-refractivity contribution in [3.05, 3.63) is 60.0 Å². The fourth-order valence-corrected chi connectivity index (χ4v) is 3.12. The van der Waals surface area contributed by atoms with E-state index in [1.54, 1.807) is 13.3 Å². The van der Waals surface area contributed by atoms with Crippen molar-refractivity contribution in [3.8, 4) is 17.1 Å². The lowest BCUT2D eigenvalue weighted by Crippen LogP contribution is -2.13. The summed E-state index contributed by atoms with van der Waals surface area (Å²) in [5.74, 6) is 2.26. The second-order valence-electron chi connectivity index (χ2n) is 6.66. The highest BCUT2D eigenvalue weighted by molar-refractivity contribution is 5.68. The van der Waals surface area contributed by atoms with Crippen LogP contribution >= 0.6 is 0 Å². The maximum absolute atomic E-state index is 5.47. The number of pyridine rings is 1. The van der Waals surface area contributed by atoms with Gasteiger partial charge in [0, 0.05) is 36.8 Å². The Kier molecular flexibility index (Phi) is 6.42. The van der Waals surface area contributed by atoms with Crippen LogP contribution in [0.4, 0.5) is 11.5 Å².